The lowest BCUT2D eigenvalue weighted by Gasteiger charge is -2.29. The minimum absolute atomic E-state index is 0.129. The summed E-state index contributed by atoms with van der Waals surface area (Å²) < 4.78 is 5.79. The molecule has 3 heteroatoms. The minimum atomic E-state index is -0.358. The number of piperidine rings is 1. The Kier molecular flexibility index (Phi) is 3.46. The van der Waals surface area contributed by atoms with E-state index in [-0.39, 0.29) is 12.2 Å². The second kappa shape index (κ2) is 4.85. The van der Waals surface area contributed by atoms with Gasteiger partial charge in [-0.2, -0.15) is 0 Å². The molecule has 1 aliphatic rings. The van der Waals surface area contributed by atoms with Gasteiger partial charge in [0, 0.05) is 6.54 Å². The van der Waals surface area contributed by atoms with Gasteiger partial charge in [-0.1, -0.05) is 6.07 Å². The Hall–Kier alpha value is -1.06. The first kappa shape index (κ1) is 11.4. The smallest absolute Gasteiger partial charge is 0.137 e. The predicted molar refractivity (Wildman–Crippen MR) is 63.8 cm³/mol. The highest BCUT2D eigenvalue weighted by molar-refractivity contribution is 5.34. The number of hydrogen-bond acceptors (Lipinski definition) is 3. The fourth-order valence-electron chi connectivity index (χ4n) is 1.90. The van der Waals surface area contributed by atoms with Crippen molar-refractivity contribution in [3.05, 3.63) is 29.3 Å². The van der Waals surface area contributed by atoms with Gasteiger partial charge in [0.25, 0.3) is 0 Å². The topological polar surface area (TPSA) is 41.5 Å². The first-order chi connectivity index (χ1) is 7.66. The maximum Gasteiger partial charge on any atom is 0.137 e. The van der Waals surface area contributed by atoms with Crippen LogP contribution in [0.15, 0.2) is 18.2 Å². The van der Waals surface area contributed by atoms with Gasteiger partial charge >= 0.3 is 0 Å². The molecule has 1 aromatic rings. The highest BCUT2D eigenvalue weighted by Crippen LogP contribution is 2.19. The van der Waals surface area contributed by atoms with Gasteiger partial charge in [0.15, 0.2) is 0 Å². The molecule has 0 saturated carbocycles. The normalized spacial score (nSPS) is 25.4. The Morgan fingerprint density at radius 3 is 2.81 bits per heavy atom. The summed E-state index contributed by atoms with van der Waals surface area (Å²) in [4.78, 5) is 0. The fourth-order valence-corrected chi connectivity index (χ4v) is 1.90. The number of rotatable bonds is 2. The van der Waals surface area contributed by atoms with E-state index in [4.69, 9.17) is 4.74 Å². The maximum atomic E-state index is 9.79. The third-order valence-corrected chi connectivity index (χ3v) is 3.16. The van der Waals surface area contributed by atoms with Crippen LogP contribution in [0.3, 0.4) is 0 Å². The lowest BCUT2D eigenvalue weighted by atomic mass is 10.1. The Morgan fingerprint density at radius 2 is 2.12 bits per heavy atom. The van der Waals surface area contributed by atoms with E-state index in [0.29, 0.717) is 6.54 Å². The van der Waals surface area contributed by atoms with Crippen LogP contribution in [-0.4, -0.2) is 30.4 Å². The Balaban J connectivity index is 2.05. The van der Waals surface area contributed by atoms with Crippen molar-refractivity contribution in [2.45, 2.75) is 32.5 Å². The van der Waals surface area contributed by atoms with Crippen molar-refractivity contribution in [1.29, 1.82) is 0 Å². The summed E-state index contributed by atoms with van der Waals surface area (Å²) in [7, 11) is 0. The summed E-state index contributed by atoms with van der Waals surface area (Å²) in [5.41, 5.74) is 2.48. The molecule has 1 aromatic carbocycles. The molecule has 2 unspecified atom stereocenters. The maximum absolute atomic E-state index is 9.79. The zero-order chi connectivity index (χ0) is 11.5. The van der Waals surface area contributed by atoms with Crippen molar-refractivity contribution in [3.8, 4) is 5.75 Å². The van der Waals surface area contributed by atoms with Crippen LogP contribution in [0.25, 0.3) is 0 Å². The molecule has 2 atom stereocenters. The van der Waals surface area contributed by atoms with E-state index in [2.05, 4.69) is 19.2 Å². The highest BCUT2D eigenvalue weighted by Gasteiger charge is 2.24. The molecular weight excluding hydrogens is 202 g/mol. The summed E-state index contributed by atoms with van der Waals surface area (Å²) in [5, 5.41) is 13.0. The summed E-state index contributed by atoms with van der Waals surface area (Å²) in [6, 6.07) is 6.04. The molecule has 0 spiro atoms. The van der Waals surface area contributed by atoms with Gasteiger partial charge in [-0.15, -0.1) is 0 Å². The van der Waals surface area contributed by atoms with E-state index in [1.54, 1.807) is 0 Å². The quantitative estimate of drug-likeness (QED) is 0.793. The van der Waals surface area contributed by atoms with Crippen LogP contribution in [0, 0.1) is 13.8 Å². The van der Waals surface area contributed by atoms with Gasteiger partial charge < -0.3 is 15.2 Å². The summed E-state index contributed by atoms with van der Waals surface area (Å²) in [5.74, 6) is 0.843. The van der Waals surface area contributed by atoms with Gasteiger partial charge in [-0.05, 0) is 50.1 Å². The van der Waals surface area contributed by atoms with Crippen LogP contribution < -0.4 is 10.1 Å². The van der Waals surface area contributed by atoms with Crippen LogP contribution in [-0.2, 0) is 0 Å². The van der Waals surface area contributed by atoms with Crippen molar-refractivity contribution in [2.24, 2.45) is 0 Å². The van der Waals surface area contributed by atoms with Crippen molar-refractivity contribution < 1.29 is 9.84 Å². The number of ether oxygens (including phenoxy) is 1. The zero-order valence-corrected chi connectivity index (χ0v) is 9.86. The van der Waals surface area contributed by atoms with Gasteiger partial charge in [0.05, 0.1) is 6.10 Å². The van der Waals surface area contributed by atoms with E-state index < -0.39 is 0 Å². The average molecular weight is 221 g/mol. The van der Waals surface area contributed by atoms with Crippen molar-refractivity contribution in [1.82, 2.24) is 5.32 Å². The Morgan fingerprint density at radius 1 is 1.31 bits per heavy atom. The zero-order valence-electron chi connectivity index (χ0n) is 9.86. The van der Waals surface area contributed by atoms with E-state index >= 15 is 0 Å². The fraction of sp³-hybridized carbons (Fsp3) is 0.538. The van der Waals surface area contributed by atoms with Gasteiger partial charge in [-0.25, -0.2) is 0 Å². The van der Waals surface area contributed by atoms with Crippen molar-refractivity contribution >= 4 is 0 Å². The summed E-state index contributed by atoms with van der Waals surface area (Å²) in [6.07, 6.45) is 0.272. The van der Waals surface area contributed by atoms with Crippen molar-refractivity contribution in [2.75, 3.05) is 13.1 Å². The van der Waals surface area contributed by atoms with Crippen molar-refractivity contribution in [3.63, 3.8) is 0 Å². The SMILES string of the molecule is Cc1ccc(OC2CNCCC2O)cc1C. The molecule has 0 aliphatic carbocycles. The molecule has 1 fully saturated rings. The molecule has 0 aromatic heterocycles. The Labute approximate surface area is 96.4 Å². The molecule has 2 rings (SSSR count). The molecule has 3 nitrogen and oxygen atoms in total. The molecule has 0 radical (unpaired) electrons. The minimum Gasteiger partial charge on any atom is -0.486 e. The summed E-state index contributed by atoms with van der Waals surface area (Å²) in [6.45, 7) is 5.73. The molecule has 16 heavy (non-hydrogen) atoms. The van der Waals surface area contributed by atoms with Crippen LogP contribution in [0.1, 0.15) is 17.5 Å². The number of hydrogen-bond donors (Lipinski definition) is 2. The average Bonchev–Trinajstić information content (AvgIpc) is 2.27. The van der Waals surface area contributed by atoms with E-state index in [1.165, 1.54) is 11.1 Å². The van der Waals surface area contributed by atoms with Crippen LogP contribution >= 0.6 is 0 Å². The molecular formula is C13H19NO2. The lowest BCUT2D eigenvalue weighted by Crippen LogP contribution is -2.47. The molecule has 2 N–H and O–H groups in total. The van der Waals surface area contributed by atoms with Crippen LogP contribution in [0.2, 0.25) is 0 Å². The second-order valence-corrected chi connectivity index (χ2v) is 4.46. The molecule has 88 valence electrons. The predicted octanol–water partition coefficient (Wildman–Crippen LogP) is 1.41. The monoisotopic (exact) mass is 221 g/mol. The number of aryl methyl sites for hydroxylation is 2. The molecule has 0 bridgehead atoms. The molecule has 1 saturated heterocycles. The van der Waals surface area contributed by atoms with Gasteiger partial charge in [0.2, 0.25) is 0 Å². The second-order valence-electron chi connectivity index (χ2n) is 4.46. The van der Waals surface area contributed by atoms with Gasteiger partial charge in [-0.3, -0.25) is 0 Å². The first-order valence-corrected chi connectivity index (χ1v) is 5.79. The van der Waals surface area contributed by atoms with E-state index in [1.807, 2.05) is 18.2 Å². The number of aliphatic hydroxyl groups excluding tert-OH is 1. The highest BCUT2D eigenvalue weighted by atomic mass is 16.5. The molecule has 1 aliphatic heterocycles. The van der Waals surface area contributed by atoms with E-state index in [0.717, 1.165) is 18.7 Å². The molecule has 1 heterocycles. The van der Waals surface area contributed by atoms with Crippen LogP contribution in [0.5, 0.6) is 5.75 Å². The first-order valence-electron chi connectivity index (χ1n) is 5.79. The number of nitrogens with one attached hydrogen (secondary N) is 1. The standard InChI is InChI=1S/C13H19NO2/c1-9-3-4-11(7-10(9)2)16-13-8-14-6-5-12(13)15/h3-4,7,12-15H,5-6,8H2,1-2H3. The largest absolute Gasteiger partial charge is 0.486 e. The molecule has 0 amide bonds. The number of benzene rings is 1. The summed E-state index contributed by atoms with van der Waals surface area (Å²) >= 11 is 0. The lowest BCUT2D eigenvalue weighted by molar-refractivity contribution is 0.0158. The van der Waals surface area contributed by atoms with Gasteiger partial charge in [0.1, 0.15) is 11.9 Å². The Bertz CT molecular complexity index is 365. The third kappa shape index (κ3) is 2.54. The van der Waals surface area contributed by atoms with E-state index in [9.17, 15) is 5.11 Å². The number of aliphatic hydroxyl groups is 1. The van der Waals surface area contributed by atoms with Crippen LogP contribution in [0.4, 0.5) is 0 Å². The third-order valence-electron chi connectivity index (χ3n) is 3.16.